The van der Waals surface area contributed by atoms with Crippen molar-refractivity contribution in [3.05, 3.63) is 44.7 Å². The normalized spacial score (nSPS) is 10.6. The molecule has 0 aliphatic rings. The van der Waals surface area contributed by atoms with Crippen molar-refractivity contribution >= 4 is 56.7 Å². The van der Waals surface area contributed by atoms with Crippen LogP contribution in [-0.4, -0.2) is 29.4 Å². The van der Waals surface area contributed by atoms with Gasteiger partial charge >= 0.3 is 0 Å². The molecule has 0 spiro atoms. The number of nitrogens with one attached hydrogen (secondary N) is 1. The number of halogens is 1. The number of amides is 1. The summed E-state index contributed by atoms with van der Waals surface area (Å²) in [6.07, 6.45) is 3.63. The standard InChI is InChI=1S/C14H15BrN2OS3/c1-19-14-11(3-2-6-17-14)13(18)16-7-8-20-9-10-4-5-12(15)21-10/h2-6H,7-9H2,1H3,(H,16,18). The molecule has 0 radical (unpaired) electrons. The lowest BCUT2D eigenvalue weighted by Gasteiger charge is -2.07. The van der Waals surface area contributed by atoms with Crippen LogP contribution < -0.4 is 5.32 Å². The van der Waals surface area contributed by atoms with Crippen LogP contribution in [0.3, 0.4) is 0 Å². The molecule has 21 heavy (non-hydrogen) atoms. The van der Waals surface area contributed by atoms with Crippen LogP contribution in [0.15, 0.2) is 39.3 Å². The molecule has 0 aliphatic heterocycles. The maximum Gasteiger partial charge on any atom is 0.254 e. The molecule has 0 bridgehead atoms. The van der Waals surface area contributed by atoms with Gasteiger partial charge in [0.1, 0.15) is 5.03 Å². The van der Waals surface area contributed by atoms with Gasteiger partial charge in [0.2, 0.25) is 0 Å². The van der Waals surface area contributed by atoms with Gasteiger partial charge in [-0.3, -0.25) is 4.79 Å². The van der Waals surface area contributed by atoms with Gasteiger partial charge in [0, 0.05) is 29.1 Å². The van der Waals surface area contributed by atoms with Crippen LogP contribution in [-0.2, 0) is 5.75 Å². The molecule has 0 saturated carbocycles. The van der Waals surface area contributed by atoms with Crippen LogP contribution in [0, 0.1) is 0 Å². The first kappa shape index (κ1) is 16.9. The fourth-order valence-corrected chi connectivity index (χ4v) is 4.66. The van der Waals surface area contributed by atoms with Crippen molar-refractivity contribution in [2.24, 2.45) is 0 Å². The fourth-order valence-electron chi connectivity index (χ4n) is 1.66. The third-order valence-electron chi connectivity index (χ3n) is 2.61. The first-order valence-electron chi connectivity index (χ1n) is 6.30. The Kier molecular flexibility index (Phi) is 7.09. The van der Waals surface area contributed by atoms with Gasteiger partial charge in [-0.2, -0.15) is 11.8 Å². The second-order valence-corrected chi connectivity index (χ2v) is 8.52. The van der Waals surface area contributed by atoms with Crippen LogP contribution in [0.1, 0.15) is 15.2 Å². The third-order valence-corrected chi connectivity index (χ3v) is 6.14. The van der Waals surface area contributed by atoms with E-state index in [1.54, 1.807) is 23.6 Å². The van der Waals surface area contributed by atoms with Gasteiger partial charge in [-0.1, -0.05) is 0 Å². The molecule has 0 aliphatic carbocycles. The summed E-state index contributed by atoms with van der Waals surface area (Å²) in [5, 5.41) is 3.72. The zero-order chi connectivity index (χ0) is 15.1. The van der Waals surface area contributed by atoms with E-state index in [-0.39, 0.29) is 5.91 Å². The molecule has 0 aromatic carbocycles. The van der Waals surface area contributed by atoms with Crippen molar-refractivity contribution in [2.75, 3.05) is 18.6 Å². The molecule has 3 nitrogen and oxygen atoms in total. The molecule has 1 N–H and O–H groups in total. The Bertz CT molecular complexity index is 603. The van der Waals surface area contributed by atoms with Crippen LogP contribution in [0.4, 0.5) is 0 Å². The molecule has 2 heterocycles. The fraction of sp³-hybridized carbons (Fsp3) is 0.286. The van der Waals surface area contributed by atoms with Crippen molar-refractivity contribution in [1.29, 1.82) is 0 Å². The molecular weight excluding hydrogens is 388 g/mol. The number of hydrogen-bond donors (Lipinski definition) is 1. The minimum Gasteiger partial charge on any atom is -0.351 e. The minimum atomic E-state index is -0.0491. The molecule has 1 amide bonds. The van der Waals surface area contributed by atoms with Gasteiger partial charge in [-0.15, -0.1) is 23.1 Å². The van der Waals surface area contributed by atoms with Crippen molar-refractivity contribution in [1.82, 2.24) is 10.3 Å². The van der Waals surface area contributed by atoms with E-state index in [0.29, 0.717) is 12.1 Å². The van der Waals surface area contributed by atoms with Crippen molar-refractivity contribution in [3.8, 4) is 0 Å². The Labute approximate surface area is 145 Å². The summed E-state index contributed by atoms with van der Waals surface area (Å²) in [6, 6.07) is 7.79. The first-order chi connectivity index (χ1) is 10.2. The van der Waals surface area contributed by atoms with Gasteiger partial charge in [-0.25, -0.2) is 4.98 Å². The maximum absolute atomic E-state index is 12.1. The lowest BCUT2D eigenvalue weighted by atomic mass is 10.3. The van der Waals surface area contributed by atoms with E-state index in [4.69, 9.17) is 0 Å². The Balaban J connectivity index is 1.72. The minimum absolute atomic E-state index is 0.0491. The van der Waals surface area contributed by atoms with E-state index in [1.807, 2.05) is 24.1 Å². The smallest absolute Gasteiger partial charge is 0.254 e. The van der Waals surface area contributed by atoms with Gasteiger partial charge in [-0.05, 0) is 46.5 Å². The van der Waals surface area contributed by atoms with E-state index in [1.165, 1.54) is 16.6 Å². The Morgan fingerprint density at radius 3 is 3.00 bits per heavy atom. The second kappa shape index (κ2) is 8.82. The molecule has 2 rings (SSSR count). The average Bonchev–Trinajstić information content (AvgIpc) is 2.92. The largest absolute Gasteiger partial charge is 0.351 e. The lowest BCUT2D eigenvalue weighted by molar-refractivity contribution is 0.0952. The highest BCUT2D eigenvalue weighted by Crippen LogP contribution is 2.25. The molecule has 0 fully saturated rings. The number of carbonyl (C=O) groups is 1. The highest BCUT2D eigenvalue weighted by atomic mass is 79.9. The molecular formula is C14H15BrN2OS3. The lowest BCUT2D eigenvalue weighted by Crippen LogP contribution is -2.26. The van der Waals surface area contributed by atoms with Crippen LogP contribution in [0.25, 0.3) is 0 Å². The van der Waals surface area contributed by atoms with Gasteiger partial charge in [0.25, 0.3) is 5.91 Å². The van der Waals surface area contributed by atoms with E-state index < -0.39 is 0 Å². The second-order valence-electron chi connectivity index (χ2n) is 4.07. The number of thiophene rings is 1. The zero-order valence-electron chi connectivity index (χ0n) is 11.5. The van der Waals surface area contributed by atoms with Crippen LogP contribution in [0.2, 0.25) is 0 Å². The van der Waals surface area contributed by atoms with Crippen molar-refractivity contribution in [2.45, 2.75) is 10.8 Å². The third kappa shape index (κ3) is 5.32. The van der Waals surface area contributed by atoms with E-state index in [2.05, 4.69) is 38.4 Å². The topological polar surface area (TPSA) is 42.0 Å². The van der Waals surface area contributed by atoms with Gasteiger partial charge in [0.15, 0.2) is 0 Å². The molecule has 0 atom stereocenters. The maximum atomic E-state index is 12.1. The van der Waals surface area contributed by atoms with Crippen LogP contribution in [0.5, 0.6) is 0 Å². The van der Waals surface area contributed by atoms with Gasteiger partial charge < -0.3 is 5.32 Å². The number of rotatable bonds is 7. The Morgan fingerprint density at radius 1 is 1.43 bits per heavy atom. The number of pyridine rings is 1. The number of aromatic nitrogens is 1. The Hall–Kier alpha value is -0.500. The van der Waals surface area contributed by atoms with Gasteiger partial charge in [0.05, 0.1) is 9.35 Å². The monoisotopic (exact) mass is 402 g/mol. The summed E-state index contributed by atoms with van der Waals surface area (Å²) < 4.78 is 1.16. The average molecular weight is 403 g/mol. The predicted octanol–water partition coefficient (Wildman–Crippen LogP) is 4.29. The molecule has 2 aromatic rings. The molecule has 0 saturated heterocycles. The highest BCUT2D eigenvalue weighted by molar-refractivity contribution is 9.11. The quantitative estimate of drug-likeness (QED) is 0.553. The molecule has 7 heteroatoms. The van der Waals surface area contributed by atoms with E-state index >= 15 is 0 Å². The molecule has 2 aromatic heterocycles. The highest BCUT2D eigenvalue weighted by Gasteiger charge is 2.10. The number of hydrogen-bond acceptors (Lipinski definition) is 5. The summed E-state index contributed by atoms with van der Waals surface area (Å²) in [5.41, 5.74) is 0.650. The van der Waals surface area contributed by atoms with Crippen LogP contribution >= 0.6 is 50.8 Å². The predicted molar refractivity (Wildman–Crippen MR) is 96.5 cm³/mol. The summed E-state index contributed by atoms with van der Waals surface area (Å²) in [4.78, 5) is 17.6. The van der Waals surface area contributed by atoms with E-state index in [9.17, 15) is 4.79 Å². The SMILES string of the molecule is CSc1ncccc1C(=O)NCCSCc1ccc(Br)s1. The summed E-state index contributed by atoms with van der Waals surface area (Å²) in [7, 11) is 0. The zero-order valence-corrected chi connectivity index (χ0v) is 15.5. The molecule has 112 valence electrons. The first-order valence-corrected chi connectivity index (χ1v) is 10.3. The summed E-state index contributed by atoms with van der Waals surface area (Å²) in [5.74, 6) is 1.83. The van der Waals surface area contributed by atoms with Crippen molar-refractivity contribution < 1.29 is 4.79 Å². The van der Waals surface area contributed by atoms with Crippen molar-refractivity contribution in [3.63, 3.8) is 0 Å². The number of nitrogens with zero attached hydrogens (tertiary/aromatic N) is 1. The number of carbonyl (C=O) groups excluding carboxylic acids is 1. The summed E-state index contributed by atoms with van der Waals surface area (Å²) >= 11 is 8.52. The summed E-state index contributed by atoms with van der Waals surface area (Å²) in [6.45, 7) is 0.665. The van der Waals surface area contributed by atoms with E-state index in [0.717, 1.165) is 20.3 Å². The number of thioether (sulfide) groups is 2. The molecule has 0 unspecified atom stereocenters. The Morgan fingerprint density at radius 2 is 2.29 bits per heavy atom.